The van der Waals surface area contributed by atoms with Crippen LogP contribution in [0.25, 0.3) is 0 Å². The molecule has 0 aromatic heterocycles. The van der Waals surface area contributed by atoms with Crippen LogP contribution >= 0.6 is 0 Å². The van der Waals surface area contributed by atoms with Gasteiger partial charge in [-0.05, 0) is 25.1 Å². The topological polar surface area (TPSA) is 18.5 Å². The van der Waals surface area contributed by atoms with Crippen LogP contribution in [-0.2, 0) is 9.16 Å². The van der Waals surface area contributed by atoms with Crippen molar-refractivity contribution in [2.24, 2.45) is 0 Å². The first-order chi connectivity index (χ1) is 6.74. The lowest BCUT2D eigenvalue weighted by Gasteiger charge is -2.36. The third kappa shape index (κ3) is 4.56. The number of hydrogen-bond donors (Lipinski definition) is 0. The van der Waals surface area contributed by atoms with Gasteiger partial charge in [-0.2, -0.15) is 0 Å². The highest BCUT2D eigenvalue weighted by Crippen LogP contribution is 2.37. The second kappa shape index (κ2) is 5.40. The summed E-state index contributed by atoms with van der Waals surface area (Å²) in [6, 6.07) is 0. The normalized spacial score (nSPS) is 14.5. The zero-order chi connectivity index (χ0) is 12.1. The zero-order valence-corrected chi connectivity index (χ0v) is 12.0. The van der Waals surface area contributed by atoms with Gasteiger partial charge in [0.2, 0.25) is 0 Å². The van der Waals surface area contributed by atoms with Crippen molar-refractivity contribution in [3.8, 4) is 0 Å². The molecule has 0 unspecified atom stereocenters. The molecule has 0 atom stereocenters. The van der Waals surface area contributed by atoms with Crippen molar-refractivity contribution < 1.29 is 9.16 Å². The van der Waals surface area contributed by atoms with Crippen LogP contribution in [0.4, 0.5) is 0 Å². The molecule has 0 saturated carbocycles. The fraction of sp³-hybridized carbons (Fsp3) is 0.667. The molecule has 0 fully saturated rings. The van der Waals surface area contributed by atoms with E-state index in [4.69, 9.17) is 9.16 Å². The smallest absolute Gasteiger partial charge is 0.264 e. The minimum Gasteiger partial charge on any atom is -0.519 e. The monoisotopic (exact) mass is 228 g/mol. The standard InChI is InChI=1S/C12H24O2Si/c1-8-9-10-11(13-5)14-15(6,7)12(2,3)4/h8-10H,1-7H3/b9-8+,11-10-. The van der Waals surface area contributed by atoms with Gasteiger partial charge in [-0.25, -0.2) is 0 Å². The van der Waals surface area contributed by atoms with Crippen molar-refractivity contribution in [1.82, 2.24) is 0 Å². The summed E-state index contributed by atoms with van der Waals surface area (Å²) in [4.78, 5) is 0. The molecule has 0 amide bonds. The van der Waals surface area contributed by atoms with Crippen molar-refractivity contribution in [1.29, 1.82) is 0 Å². The van der Waals surface area contributed by atoms with Crippen LogP contribution in [0.1, 0.15) is 27.7 Å². The van der Waals surface area contributed by atoms with Gasteiger partial charge in [-0.15, -0.1) is 0 Å². The van der Waals surface area contributed by atoms with Crippen molar-refractivity contribution in [2.75, 3.05) is 7.11 Å². The maximum Gasteiger partial charge on any atom is 0.264 e. The van der Waals surface area contributed by atoms with Gasteiger partial charge < -0.3 is 9.16 Å². The highest BCUT2D eigenvalue weighted by molar-refractivity contribution is 6.74. The van der Waals surface area contributed by atoms with Crippen LogP contribution in [0.5, 0.6) is 0 Å². The Morgan fingerprint density at radius 1 is 1.20 bits per heavy atom. The number of ether oxygens (including phenoxy) is 1. The van der Waals surface area contributed by atoms with Crippen LogP contribution in [0, 0.1) is 0 Å². The first-order valence-electron chi connectivity index (χ1n) is 5.30. The molecule has 0 aromatic rings. The quantitative estimate of drug-likeness (QED) is 0.410. The molecule has 2 nitrogen and oxygen atoms in total. The molecule has 3 heteroatoms. The molecule has 0 aliphatic carbocycles. The van der Waals surface area contributed by atoms with Crippen LogP contribution in [0.3, 0.4) is 0 Å². The van der Waals surface area contributed by atoms with Gasteiger partial charge in [-0.3, -0.25) is 0 Å². The van der Waals surface area contributed by atoms with Crippen LogP contribution in [0.15, 0.2) is 24.2 Å². The summed E-state index contributed by atoms with van der Waals surface area (Å²) in [6.07, 6.45) is 5.74. The van der Waals surface area contributed by atoms with Gasteiger partial charge in [0.15, 0.2) is 0 Å². The minimum absolute atomic E-state index is 0.195. The third-order valence-corrected chi connectivity index (χ3v) is 7.11. The second-order valence-electron chi connectivity index (χ2n) is 5.08. The van der Waals surface area contributed by atoms with Crippen LogP contribution in [0.2, 0.25) is 18.1 Å². The summed E-state index contributed by atoms with van der Waals surface area (Å²) in [5.41, 5.74) is 0. The molecule has 0 aliphatic rings. The third-order valence-electron chi connectivity index (χ3n) is 2.79. The van der Waals surface area contributed by atoms with Crippen LogP contribution in [-0.4, -0.2) is 15.4 Å². The number of hydrogen-bond acceptors (Lipinski definition) is 2. The zero-order valence-electron chi connectivity index (χ0n) is 11.0. The summed E-state index contributed by atoms with van der Waals surface area (Å²) < 4.78 is 11.2. The average molecular weight is 228 g/mol. The summed E-state index contributed by atoms with van der Waals surface area (Å²) in [5.74, 6) is 0.611. The fourth-order valence-corrected chi connectivity index (χ4v) is 1.68. The van der Waals surface area contributed by atoms with Crippen molar-refractivity contribution in [3.63, 3.8) is 0 Å². The van der Waals surface area contributed by atoms with Crippen molar-refractivity contribution in [2.45, 2.75) is 45.8 Å². The Balaban J connectivity index is 4.69. The van der Waals surface area contributed by atoms with Crippen LogP contribution < -0.4 is 0 Å². The van der Waals surface area contributed by atoms with E-state index in [9.17, 15) is 0 Å². The highest BCUT2D eigenvalue weighted by Gasteiger charge is 2.39. The van der Waals surface area contributed by atoms with E-state index in [0.29, 0.717) is 5.95 Å². The average Bonchev–Trinajstić information content (AvgIpc) is 2.10. The Bertz CT molecular complexity index is 247. The molecule has 0 radical (unpaired) electrons. The number of methoxy groups -OCH3 is 1. The Morgan fingerprint density at radius 2 is 1.73 bits per heavy atom. The molecule has 0 aromatic carbocycles. The first kappa shape index (κ1) is 14.3. The molecular formula is C12H24O2Si. The number of rotatable bonds is 4. The van der Waals surface area contributed by atoms with E-state index < -0.39 is 8.32 Å². The maximum absolute atomic E-state index is 5.98. The lowest BCUT2D eigenvalue weighted by atomic mass is 10.2. The van der Waals surface area contributed by atoms with E-state index in [1.54, 1.807) is 7.11 Å². The summed E-state index contributed by atoms with van der Waals surface area (Å²) in [7, 11) is -0.125. The predicted octanol–water partition coefficient (Wildman–Crippen LogP) is 4.07. The van der Waals surface area contributed by atoms with Gasteiger partial charge in [0.1, 0.15) is 0 Å². The van der Waals surface area contributed by atoms with E-state index in [1.807, 2.05) is 25.2 Å². The predicted molar refractivity (Wildman–Crippen MR) is 68.2 cm³/mol. The Labute approximate surface area is 95.1 Å². The molecule has 0 rings (SSSR count). The van der Waals surface area contributed by atoms with E-state index in [0.717, 1.165) is 0 Å². The summed E-state index contributed by atoms with van der Waals surface area (Å²) in [5, 5.41) is 0.195. The molecule has 88 valence electrons. The SMILES string of the molecule is C/C=C/C=C(/OC)O[Si](C)(C)C(C)(C)C. The minimum atomic E-state index is -1.77. The first-order valence-corrected chi connectivity index (χ1v) is 8.21. The van der Waals surface area contributed by atoms with Crippen molar-refractivity contribution in [3.05, 3.63) is 24.2 Å². The molecule has 0 spiro atoms. The van der Waals surface area contributed by atoms with Gasteiger partial charge in [0.05, 0.1) is 7.11 Å². The second-order valence-corrected chi connectivity index (χ2v) is 9.80. The van der Waals surface area contributed by atoms with E-state index >= 15 is 0 Å². The fourth-order valence-electron chi connectivity index (χ4n) is 0.723. The Morgan fingerprint density at radius 3 is 2.07 bits per heavy atom. The summed E-state index contributed by atoms with van der Waals surface area (Å²) in [6.45, 7) is 13.0. The van der Waals surface area contributed by atoms with E-state index in [-0.39, 0.29) is 5.04 Å². The molecular weight excluding hydrogens is 204 g/mol. The number of allylic oxidation sites excluding steroid dienone is 3. The molecule has 0 heterocycles. The lowest BCUT2D eigenvalue weighted by Crippen LogP contribution is -2.40. The molecule has 15 heavy (non-hydrogen) atoms. The largest absolute Gasteiger partial charge is 0.519 e. The van der Waals surface area contributed by atoms with E-state index in [1.165, 1.54) is 0 Å². The maximum atomic E-state index is 5.98. The molecule has 0 bridgehead atoms. The lowest BCUT2D eigenvalue weighted by molar-refractivity contribution is 0.141. The van der Waals surface area contributed by atoms with Gasteiger partial charge in [0.25, 0.3) is 14.3 Å². The highest BCUT2D eigenvalue weighted by atomic mass is 28.4. The molecule has 0 saturated heterocycles. The van der Waals surface area contributed by atoms with Gasteiger partial charge in [0, 0.05) is 6.08 Å². The molecule has 0 N–H and O–H groups in total. The van der Waals surface area contributed by atoms with Crippen molar-refractivity contribution >= 4 is 8.32 Å². The Kier molecular flexibility index (Phi) is 5.15. The molecule has 0 aliphatic heterocycles. The summed E-state index contributed by atoms with van der Waals surface area (Å²) >= 11 is 0. The van der Waals surface area contributed by atoms with E-state index in [2.05, 4.69) is 33.9 Å². The van der Waals surface area contributed by atoms with Gasteiger partial charge >= 0.3 is 0 Å². The Hall–Kier alpha value is -0.703. The van der Waals surface area contributed by atoms with Gasteiger partial charge in [-0.1, -0.05) is 32.9 Å².